The number of rotatable bonds is 5. The Morgan fingerprint density at radius 3 is 3.00 bits per heavy atom. The third kappa shape index (κ3) is 3.84. The third-order valence-corrected chi connectivity index (χ3v) is 4.19. The largest absolute Gasteiger partial charge is 0.492 e. The van der Waals surface area contributed by atoms with Crippen molar-refractivity contribution in [1.29, 1.82) is 0 Å². The van der Waals surface area contributed by atoms with Crippen molar-refractivity contribution >= 4 is 17.6 Å². The van der Waals surface area contributed by atoms with Gasteiger partial charge in [-0.1, -0.05) is 37.1 Å². The predicted molar refractivity (Wildman–Crippen MR) is 86.4 cm³/mol. The van der Waals surface area contributed by atoms with Gasteiger partial charge in [-0.3, -0.25) is 0 Å². The van der Waals surface area contributed by atoms with Gasteiger partial charge >= 0.3 is 6.03 Å². The third-order valence-electron chi connectivity index (χ3n) is 3.90. The number of carbonyl (C=O) groups is 1. The maximum absolute atomic E-state index is 12.2. The zero-order valence-corrected chi connectivity index (χ0v) is 13.7. The molecule has 0 spiro atoms. The maximum Gasteiger partial charge on any atom is 0.315 e. The van der Waals surface area contributed by atoms with Crippen molar-refractivity contribution in [3.05, 3.63) is 28.8 Å². The SMILES string of the molecule is CCCC(C)(CO)NC(=O)NC1CCOc2c(Cl)cccc21. The van der Waals surface area contributed by atoms with E-state index >= 15 is 0 Å². The molecule has 1 aromatic carbocycles. The van der Waals surface area contributed by atoms with Crippen LogP contribution in [0.25, 0.3) is 0 Å². The van der Waals surface area contributed by atoms with Crippen molar-refractivity contribution in [3.63, 3.8) is 0 Å². The zero-order chi connectivity index (χ0) is 16.2. The van der Waals surface area contributed by atoms with Crippen LogP contribution < -0.4 is 15.4 Å². The second-order valence-corrected chi connectivity index (χ2v) is 6.32. The smallest absolute Gasteiger partial charge is 0.315 e. The fraction of sp³-hybridized carbons (Fsp3) is 0.562. The van der Waals surface area contributed by atoms with Crippen LogP contribution in [0.15, 0.2) is 18.2 Å². The van der Waals surface area contributed by atoms with Crippen molar-refractivity contribution in [2.24, 2.45) is 0 Å². The molecule has 1 heterocycles. The number of aliphatic hydroxyl groups is 1. The van der Waals surface area contributed by atoms with Crippen LogP contribution in [0, 0.1) is 0 Å². The van der Waals surface area contributed by atoms with E-state index in [9.17, 15) is 9.90 Å². The summed E-state index contributed by atoms with van der Waals surface area (Å²) in [4.78, 5) is 12.2. The second-order valence-electron chi connectivity index (χ2n) is 5.92. The van der Waals surface area contributed by atoms with Crippen LogP contribution in [0.3, 0.4) is 0 Å². The molecule has 0 fully saturated rings. The number of amides is 2. The number of aliphatic hydroxyl groups excluding tert-OH is 1. The normalized spacial score (nSPS) is 19.5. The predicted octanol–water partition coefficient (Wildman–Crippen LogP) is 3.01. The molecule has 0 bridgehead atoms. The first-order valence-corrected chi connectivity index (χ1v) is 7.97. The van der Waals surface area contributed by atoms with Crippen LogP contribution in [0.1, 0.15) is 44.7 Å². The van der Waals surface area contributed by atoms with Gasteiger partial charge in [-0.15, -0.1) is 0 Å². The lowest BCUT2D eigenvalue weighted by Gasteiger charge is -2.31. The lowest BCUT2D eigenvalue weighted by atomic mass is 9.97. The molecular formula is C16H23ClN2O3. The van der Waals surface area contributed by atoms with E-state index in [1.165, 1.54) is 0 Å². The molecule has 2 rings (SSSR count). The van der Waals surface area contributed by atoms with Gasteiger partial charge < -0.3 is 20.5 Å². The van der Waals surface area contributed by atoms with E-state index in [1.54, 1.807) is 6.07 Å². The lowest BCUT2D eigenvalue weighted by molar-refractivity contribution is 0.160. The molecule has 0 radical (unpaired) electrons. The highest BCUT2D eigenvalue weighted by Crippen LogP contribution is 2.37. The van der Waals surface area contributed by atoms with Gasteiger partial charge in [0.1, 0.15) is 5.75 Å². The number of fused-ring (bicyclic) bond motifs is 1. The minimum Gasteiger partial charge on any atom is -0.492 e. The summed E-state index contributed by atoms with van der Waals surface area (Å²) in [5, 5.41) is 15.9. The average molecular weight is 327 g/mol. The number of hydrogen-bond acceptors (Lipinski definition) is 3. The Bertz CT molecular complexity index is 538. The van der Waals surface area contributed by atoms with Crippen LogP contribution in [0.2, 0.25) is 5.02 Å². The van der Waals surface area contributed by atoms with Crippen LogP contribution in [-0.4, -0.2) is 29.9 Å². The molecule has 122 valence electrons. The summed E-state index contributed by atoms with van der Waals surface area (Å²) < 4.78 is 5.58. The highest BCUT2D eigenvalue weighted by atomic mass is 35.5. The summed E-state index contributed by atoms with van der Waals surface area (Å²) in [6, 6.07) is 5.09. The number of halogens is 1. The Hall–Kier alpha value is -1.46. The Morgan fingerprint density at radius 2 is 2.32 bits per heavy atom. The molecule has 0 aromatic heterocycles. The first-order chi connectivity index (χ1) is 10.5. The summed E-state index contributed by atoms with van der Waals surface area (Å²) in [6.45, 7) is 4.27. The molecule has 3 N–H and O–H groups in total. The Balaban J connectivity index is 2.06. The number of hydrogen-bond donors (Lipinski definition) is 3. The Kier molecular flexibility index (Phi) is 5.53. The Morgan fingerprint density at radius 1 is 1.55 bits per heavy atom. The lowest BCUT2D eigenvalue weighted by Crippen LogP contribution is -2.53. The molecule has 2 unspecified atom stereocenters. The van der Waals surface area contributed by atoms with Crippen LogP contribution in [-0.2, 0) is 0 Å². The van der Waals surface area contributed by atoms with Crippen molar-refractivity contribution in [3.8, 4) is 5.75 Å². The first kappa shape index (κ1) is 16.9. The van der Waals surface area contributed by atoms with Crippen molar-refractivity contribution < 1.29 is 14.6 Å². The number of para-hydroxylation sites is 1. The van der Waals surface area contributed by atoms with E-state index in [2.05, 4.69) is 10.6 Å². The van der Waals surface area contributed by atoms with Crippen molar-refractivity contribution in [2.75, 3.05) is 13.2 Å². The molecule has 6 heteroatoms. The molecule has 1 aromatic rings. The summed E-state index contributed by atoms with van der Waals surface area (Å²) in [5.74, 6) is 0.638. The minimum absolute atomic E-state index is 0.0928. The molecule has 22 heavy (non-hydrogen) atoms. The summed E-state index contributed by atoms with van der Waals surface area (Å²) in [6.07, 6.45) is 2.28. The van der Waals surface area contributed by atoms with Gasteiger partial charge in [0.05, 0.1) is 29.8 Å². The number of benzene rings is 1. The molecule has 5 nitrogen and oxygen atoms in total. The topological polar surface area (TPSA) is 70.6 Å². The number of carbonyl (C=O) groups excluding carboxylic acids is 1. The fourth-order valence-electron chi connectivity index (χ4n) is 2.74. The van der Waals surface area contributed by atoms with Crippen molar-refractivity contribution in [2.45, 2.75) is 44.7 Å². The fourth-order valence-corrected chi connectivity index (χ4v) is 2.97. The van der Waals surface area contributed by atoms with Crippen LogP contribution >= 0.6 is 11.6 Å². The van der Waals surface area contributed by atoms with Gasteiger partial charge in [-0.2, -0.15) is 0 Å². The standard InChI is InChI=1S/C16H23ClN2O3/c1-3-8-16(2,10-20)19-15(21)18-13-7-9-22-14-11(13)5-4-6-12(14)17/h4-6,13,20H,3,7-10H2,1-2H3,(H2,18,19,21). The van der Waals surface area contributed by atoms with Crippen LogP contribution in [0.5, 0.6) is 5.75 Å². The molecule has 2 amide bonds. The zero-order valence-electron chi connectivity index (χ0n) is 13.0. The van der Waals surface area contributed by atoms with Gasteiger partial charge in [0, 0.05) is 12.0 Å². The Labute approximate surface area is 136 Å². The van der Waals surface area contributed by atoms with E-state index in [1.807, 2.05) is 26.0 Å². The number of ether oxygens (including phenoxy) is 1. The van der Waals surface area contributed by atoms with Crippen molar-refractivity contribution in [1.82, 2.24) is 10.6 Å². The summed E-state index contributed by atoms with van der Waals surface area (Å²) in [7, 11) is 0. The summed E-state index contributed by atoms with van der Waals surface area (Å²) >= 11 is 6.13. The molecular weight excluding hydrogens is 304 g/mol. The average Bonchev–Trinajstić information content (AvgIpc) is 2.48. The van der Waals surface area contributed by atoms with Gasteiger partial charge in [0.25, 0.3) is 0 Å². The van der Waals surface area contributed by atoms with Crippen LogP contribution in [0.4, 0.5) is 4.79 Å². The highest BCUT2D eigenvalue weighted by molar-refractivity contribution is 6.32. The first-order valence-electron chi connectivity index (χ1n) is 7.60. The van der Waals surface area contributed by atoms with E-state index in [0.29, 0.717) is 30.2 Å². The molecule has 2 atom stereocenters. The quantitative estimate of drug-likeness (QED) is 0.779. The van der Waals surface area contributed by atoms with Gasteiger partial charge in [0.2, 0.25) is 0 Å². The molecule has 1 aliphatic rings. The minimum atomic E-state index is -0.610. The number of nitrogens with one attached hydrogen (secondary N) is 2. The monoisotopic (exact) mass is 326 g/mol. The van der Waals surface area contributed by atoms with E-state index in [0.717, 1.165) is 12.0 Å². The summed E-state index contributed by atoms with van der Waals surface area (Å²) in [5.41, 5.74) is 0.274. The van der Waals surface area contributed by atoms with Gasteiger partial charge in [0.15, 0.2) is 0 Å². The number of urea groups is 1. The van der Waals surface area contributed by atoms with Gasteiger partial charge in [-0.25, -0.2) is 4.79 Å². The van der Waals surface area contributed by atoms with Gasteiger partial charge in [-0.05, 0) is 19.4 Å². The highest BCUT2D eigenvalue weighted by Gasteiger charge is 2.28. The van der Waals surface area contributed by atoms with E-state index in [-0.39, 0.29) is 18.7 Å². The van der Waals surface area contributed by atoms with E-state index < -0.39 is 5.54 Å². The molecule has 1 aliphatic heterocycles. The molecule has 0 saturated carbocycles. The second kappa shape index (κ2) is 7.20. The molecule has 0 saturated heterocycles. The van der Waals surface area contributed by atoms with E-state index in [4.69, 9.17) is 16.3 Å². The maximum atomic E-state index is 12.2. The molecule has 0 aliphatic carbocycles.